The average molecular weight is 357 g/mol. The summed E-state index contributed by atoms with van der Waals surface area (Å²) in [7, 11) is 0. The number of halogens is 4. The standard InChI is InChI=1S/C17H16ClF3N2O/c1-11(2)24-10-16(17(19,20)21)12-5-3-4-6-14(12)23(18)15-9-22-8-7-13(15)16/h3-9,11H,10H2,1-2H3. The number of nitrogens with zero attached hydrogens (tertiary/aromatic N) is 2. The highest BCUT2D eigenvalue weighted by molar-refractivity contribution is 6.30. The van der Waals surface area contributed by atoms with E-state index in [0.717, 1.165) is 0 Å². The zero-order valence-electron chi connectivity index (χ0n) is 13.1. The summed E-state index contributed by atoms with van der Waals surface area (Å²) in [6, 6.07) is 7.60. The fourth-order valence-corrected chi connectivity index (χ4v) is 3.30. The lowest BCUT2D eigenvalue weighted by molar-refractivity contribution is -0.195. The molecule has 1 aromatic heterocycles. The Hall–Kier alpha value is -1.79. The summed E-state index contributed by atoms with van der Waals surface area (Å²) in [4.78, 5) is 3.93. The van der Waals surface area contributed by atoms with Gasteiger partial charge in [-0.05, 0) is 31.5 Å². The van der Waals surface area contributed by atoms with Gasteiger partial charge in [-0.25, -0.2) is 0 Å². The molecule has 0 saturated carbocycles. The SMILES string of the molecule is CC(C)OCC1(C(F)(F)F)c2ccccc2N(Cl)c2cnccc21. The highest BCUT2D eigenvalue weighted by Crippen LogP contribution is 2.56. The lowest BCUT2D eigenvalue weighted by atomic mass is 9.71. The van der Waals surface area contributed by atoms with Gasteiger partial charge in [0, 0.05) is 23.5 Å². The third-order valence-corrected chi connectivity index (χ3v) is 4.53. The molecule has 2 heterocycles. The Kier molecular flexibility index (Phi) is 4.21. The van der Waals surface area contributed by atoms with Crippen LogP contribution >= 0.6 is 11.8 Å². The van der Waals surface area contributed by atoms with Crippen LogP contribution in [0.2, 0.25) is 0 Å². The first-order valence-corrected chi connectivity index (χ1v) is 7.81. The average Bonchev–Trinajstić information content (AvgIpc) is 2.54. The number of anilines is 2. The highest BCUT2D eigenvalue weighted by Gasteiger charge is 2.61. The Morgan fingerprint density at radius 3 is 2.50 bits per heavy atom. The topological polar surface area (TPSA) is 25.4 Å². The summed E-state index contributed by atoms with van der Waals surface area (Å²) in [5.74, 6) is 0. The van der Waals surface area contributed by atoms with Gasteiger partial charge in [0.2, 0.25) is 0 Å². The lowest BCUT2D eigenvalue weighted by Crippen LogP contribution is -2.50. The summed E-state index contributed by atoms with van der Waals surface area (Å²) in [5, 5.41) is 0. The number of fused-ring (bicyclic) bond motifs is 2. The van der Waals surface area contributed by atoms with Crippen molar-refractivity contribution in [3.05, 3.63) is 53.9 Å². The molecule has 1 aliphatic heterocycles. The molecular weight excluding hydrogens is 341 g/mol. The maximum absolute atomic E-state index is 14.4. The first kappa shape index (κ1) is 17.0. The number of alkyl halides is 3. The van der Waals surface area contributed by atoms with Gasteiger partial charge in [-0.2, -0.15) is 13.2 Å². The zero-order chi connectivity index (χ0) is 17.5. The molecule has 0 radical (unpaired) electrons. The van der Waals surface area contributed by atoms with Crippen LogP contribution in [0.4, 0.5) is 24.5 Å². The molecule has 3 rings (SSSR count). The molecule has 3 nitrogen and oxygen atoms in total. The monoisotopic (exact) mass is 356 g/mol. The van der Waals surface area contributed by atoms with E-state index in [1.807, 2.05) is 0 Å². The number of pyridine rings is 1. The molecule has 2 aromatic rings. The van der Waals surface area contributed by atoms with Crippen molar-refractivity contribution in [2.45, 2.75) is 31.5 Å². The fraction of sp³-hybridized carbons (Fsp3) is 0.353. The Balaban J connectivity index is 2.33. The van der Waals surface area contributed by atoms with Crippen molar-refractivity contribution < 1.29 is 17.9 Å². The first-order valence-electron chi connectivity index (χ1n) is 7.47. The van der Waals surface area contributed by atoms with Gasteiger partial charge in [0.05, 0.1) is 30.3 Å². The largest absolute Gasteiger partial charge is 0.404 e. The molecule has 1 aromatic carbocycles. The third kappa shape index (κ3) is 2.45. The number of benzene rings is 1. The second-order valence-electron chi connectivity index (χ2n) is 5.95. The summed E-state index contributed by atoms with van der Waals surface area (Å²) in [6.45, 7) is 2.90. The molecule has 0 amide bonds. The number of para-hydroxylation sites is 1. The predicted octanol–water partition coefficient (Wildman–Crippen LogP) is 4.96. The van der Waals surface area contributed by atoms with Gasteiger partial charge in [0.15, 0.2) is 0 Å². The minimum absolute atomic E-state index is 0.0411. The Bertz CT molecular complexity index is 701. The number of ether oxygens (including phenoxy) is 1. The van der Waals surface area contributed by atoms with Crippen molar-refractivity contribution in [1.29, 1.82) is 0 Å². The summed E-state index contributed by atoms with van der Waals surface area (Å²) in [6.07, 6.45) is -2.22. The molecule has 0 bridgehead atoms. The summed E-state index contributed by atoms with van der Waals surface area (Å²) < 4.78 is 49.8. The quantitative estimate of drug-likeness (QED) is 0.727. The van der Waals surface area contributed by atoms with Crippen LogP contribution in [0.15, 0.2) is 42.7 Å². The highest BCUT2D eigenvalue weighted by atomic mass is 35.5. The first-order chi connectivity index (χ1) is 11.3. The van der Waals surface area contributed by atoms with Gasteiger partial charge in [-0.3, -0.25) is 9.40 Å². The molecule has 1 atom stereocenters. The van der Waals surface area contributed by atoms with Crippen molar-refractivity contribution in [2.24, 2.45) is 0 Å². The third-order valence-electron chi connectivity index (χ3n) is 4.16. The number of hydrogen-bond acceptors (Lipinski definition) is 3. The van der Waals surface area contributed by atoms with E-state index in [9.17, 15) is 13.2 Å². The Morgan fingerprint density at radius 1 is 1.17 bits per heavy atom. The molecule has 0 saturated heterocycles. The van der Waals surface area contributed by atoms with E-state index in [-0.39, 0.29) is 28.6 Å². The maximum atomic E-state index is 14.4. The van der Waals surface area contributed by atoms with Crippen molar-refractivity contribution in [1.82, 2.24) is 4.98 Å². The van der Waals surface area contributed by atoms with Crippen LogP contribution in [-0.4, -0.2) is 23.9 Å². The van der Waals surface area contributed by atoms with Crippen molar-refractivity contribution in [2.75, 3.05) is 11.0 Å². The van der Waals surface area contributed by atoms with Gasteiger partial charge < -0.3 is 4.74 Å². The lowest BCUT2D eigenvalue weighted by Gasteiger charge is -2.43. The van der Waals surface area contributed by atoms with E-state index < -0.39 is 18.2 Å². The molecular formula is C17H16ClF3N2O. The van der Waals surface area contributed by atoms with Gasteiger partial charge in [0.1, 0.15) is 5.41 Å². The molecule has 0 N–H and O–H groups in total. The van der Waals surface area contributed by atoms with Crippen molar-refractivity contribution >= 4 is 23.2 Å². The second kappa shape index (κ2) is 5.93. The minimum atomic E-state index is -4.56. The van der Waals surface area contributed by atoms with E-state index in [2.05, 4.69) is 4.98 Å². The predicted molar refractivity (Wildman–Crippen MR) is 86.6 cm³/mol. The van der Waals surface area contributed by atoms with Crippen LogP contribution in [0.1, 0.15) is 25.0 Å². The van der Waals surface area contributed by atoms with Crippen LogP contribution in [0.25, 0.3) is 0 Å². The van der Waals surface area contributed by atoms with E-state index in [1.54, 1.807) is 32.0 Å². The second-order valence-corrected chi connectivity index (χ2v) is 6.29. The van der Waals surface area contributed by atoms with Crippen LogP contribution in [-0.2, 0) is 10.2 Å². The summed E-state index contributed by atoms with van der Waals surface area (Å²) >= 11 is 6.30. The minimum Gasteiger partial charge on any atom is -0.377 e. The molecule has 128 valence electrons. The van der Waals surface area contributed by atoms with Crippen molar-refractivity contribution in [3.8, 4) is 0 Å². The van der Waals surface area contributed by atoms with E-state index in [0.29, 0.717) is 0 Å². The molecule has 7 heteroatoms. The zero-order valence-corrected chi connectivity index (χ0v) is 13.9. The van der Waals surface area contributed by atoms with Gasteiger partial charge >= 0.3 is 6.18 Å². The van der Waals surface area contributed by atoms with Crippen LogP contribution in [0.5, 0.6) is 0 Å². The van der Waals surface area contributed by atoms with Gasteiger partial charge in [0.25, 0.3) is 0 Å². The molecule has 24 heavy (non-hydrogen) atoms. The maximum Gasteiger partial charge on any atom is 0.404 e. The summed E-state index contributed by atoms with van der Waals surface area (Å²) in [5.41, 5.74) is -1.68. The van der Waals surface area contributed by atoms with Crippen LogP contribution in [0.3, 0.4) is 0 Å². The fourth-order valence-electron chi connectivity index (χ4n) is 3.02. The molecule has 0 fully saturated rings. The number of rotatable bonds is 3. The molecule has 1 unspecified atom stereocenters. The van der Waals surface area contributed by atoms with Gasteiger partial charge in [-0.1, -0.05) is 18.2 Å². The molecule has 1 aliphatic rings. The number of aromatic nitrogens is 1. The Labute approximate surface area is 143 Å². The molecule has 0 aliphatic carbocycles. The number of hydrogen-bond donors (Lipinski definition) is 0. The normalized spacial score (nSPS) is 20.0. The van der Waals surface area contributed by atoms with Gasteiger partial charge in [-0.15, -0.1) is 0 Å². The molecule has 0 spiro atoms. The van der Waals surface area contributed by atoms with Crippen LogP contribution in [0, 0.1) is 0 Å². The van der Waals surface area contributed by atoms with Crippen LogP contribution < -0.4 is 4.42 Å². The Morgan fingerprint density at radius 2 is 1.83 bits per heavy atom. The smallest absolute Gasteiger partial charge is 0.377 e. The van der Waals surface area contributed by atoms with E-state index >= 15 is 0 Å². The van der Waals surface area contributed by atoms with Crippen molar-refractivity contribution in [3.63, 3.8) is 0 Å². The van der Waals surface area contributed by atoms with E-state index in [1.165, 1.54) is 28.9 Å². The van der Waals surface area contributed by atoms with E-state index in [4.69, 9.17) is 16.5 Å².